The summed E-state index contributed by atoms with van der Waals surface area (Å²) < 4.78 is 19.6. The molecule has 0 heterocycles. The van der Waals surface area contributed by atoms with Gasteiger partial charge in [0.1, 0.15) is 5.82 Å². The van der Waals surface area contributed by atoms with E-state index in [1.165, 1.54) is 13.2 Å². The van der Waals surface area contributed by atoms with Crippen LogP contribution in [0, 0.1) is 34.9 Å². The Morgan fingerprint density at radius 2 is 1.96 bits per heavy atom. The van der Waals surface area contributed by atoms with Gasteiger partial charge in [-0.1, -0.05) is 22.0 Å². The second-order valence-electron chi connectivity index (χ2n) is 7.55. The highest BCUT2D eigenvalue weighted by Gasteiger charge is 2.71. The zero-order valence-electron chi connectivity index (χ0n) is 14.1. The summed E-state index contributed by atoms with van der Waals surface area (Å²) in [6.07, 6.45) is 4.24. The monoisotopic (exact) mass is 409 g/mol. The first-order valence-electron chi connectivity index (χ1n) is 8.77. The molecule has 4 rings (SSSR count). The Morgan fingerprint density at radius 3 is 2.56 bits per heavy atom. The first kappa shape index (κ1) is 17.0. The number of benzene rings is 1. The number of carbonyl (C=O) groups excluding carboxylic acids is 2. The lowest BCUT2D eigenvalue weighted by atomic mass is 9.78. The molecule has 1 spiro atoms. The third kappa shape index (κ3) is 2.60. The van der Waals surface area contributed by atoms with Crippen LogP contribution in [0.1, 0.15) is 31.2 Å². The van der Waals surface area contributed by atoms with Crippen molar-refractivity contribution in [2.75, 3.05) is 7.11 Å². The van der Waals surface area contributed by atoms with Gasteiger partial charge >= 0.3 is 5.97 Å². The minimum absolute atomic E-state index is 0.132. The van der Waals surface area contributed by atoms with Crippen LogP contribution in [-0.2, 0) is 20.9 Å². The van der Waals surface area contributed by atoms with Gasteiger partial charge in [0.15, 0.2) is 0 Å². The van der Waals surface area contributed by atoms with E-state index in [2.05, 4.69) is 21.2 Å². The van der Waals surface area contributed by atoms with Crippen LogP contribution in [0.25, 0.3) is 0 Å². The highest BCUT2D eigenvalue weighted by molar-refractivity contribution is 9.10. The molecule has 3 aliphatic rings. The topological polar surface area (TPSA) is 55.4 Å². The lowest BCUT2D eigenvalue weighted by Crippen LogP contribution is -2.41. The van der Waals surface area contributed by atoms with E-state index in [1.807, 2.05) is 0 Å². The first-order valence-corrected chi connectivity index (χ1v) is 9.57. The Morgan fingerprint density at radius 1 is 1.28 bits per heavy atom. The Balaban J connectivity index is 1.51. The second kappa shape index (κ2) is 6.08. The van der Waals surface area contributed by atoms with Crippen molar-refractivity contribution in [2.24, 2.45) is 29.1 Å². The molecule has 1 N–H and O–H groups in total. The fourth-order valence-corrected chi connectivity index (χ4v) is 5.76. The number of methoxy groups -OCH3 is 1. The van der Waals surface area contributed by atoms with Crippen LogP contribution in [-0.4, -0.2) is 19.0 Å². The van der Waals surface area contributed by atoms with E-state index >= 15 is 0 Å². The van der Waals surface area contributed by atoms with Gasteiger partial charge in [0, 0.05) is 16.6 Å². The summed E-state index contributed by atoms with van der Waals surface area (Å²) in [6, 6.07) is 4.79. The van der Waals surface area contributed by atoms with Crippen molar-refractivity contribution in [3.8, 4) is 0 Å². The molecule has 134 valence electrons. The average molecular weight is 410 g/mol. The summed E-state index contributed by atoms with van der Waals surface area (Å²) in [5.74, 6) is -0.926. The van der Waals surface area contributed by atoms with E-state index in [1.54, 1.807) is 12.1 Å². The summed E-state index contributed by atoms with van der Waals surface area (Å²) in [7, 11) is 1.39. The molecule has 1 aromatic rings. The quantitative estimate of drug-likeness (QED) is 0.774. The SMILES string of the molecule is COC(=O)[C@H]1[C@H](C(=O)NCc2ccc(Br)cc2F)[C@@H]2CC[C@H]1C21CC1. The Kier molecular flexibility index (Phi) is 4.13. The Hall–Kier alpha value is -1.43. The molecule has 3 saturated carbocycles. The smallest absolute Gasteiger partial charge is 0.309 e. The van der Waals surface area contributed by atoms with Crippen molar-refractivity contribution in [1.29, 1.82) is 0 Å². The summed E-state index contributed by atoms with van der Waals surface area (Å²) in [6.45, 7) is 0.132. The molecular weight excluding hydrogens is 389 g/mol. The first-order chi connectivity index (χ1) is 12.0. The molecule has 4 nitrogen and oxygen atoms in total. The largest absolute Gasteiger partial charge is 0.469 e. The Bertz CT molecular complexity index is 733. The molecule has 0 radical (unpaired) electrons. The van der Waals surface area contributed by atoms with Gasteiger partial charge in [-0.15, -0.1) is 0 Å². The summed E-state index contributed by atoms with van der Waals surface area (Å²) >= 11 is 3.22. The van der Waals surface area contributed by atoms with E-state index in [4.69, 9.17) is 4.74 Å². The molecule has 3 aliphatic carbocycles. The van der Waals surface area contributed by atoms with Crippen molar-refractivity contribution in [3.63, 3.8) is 0 Å². The number of amides is 1. The van der Waals surface area contributed by atoms with Crippen LogP contribution in [0.3, 0.4) is 0 Å². The number of hydrogen-bond donors (Lipinski definition) is 1. The van der Waals surface area contributed by atoms with Gasteiger partial charge in [0.25, 0.3) is 0 Å². The van der Waals surface area contributed by atoms with Crippen molar-refractivity contribution < 1.29 is 18.7 Å². The van der Waals surface area contributed by atoms with Crippen molar-refractivity contribution in [2.45, 2.75) is 32.2 Å². The van der Waals surface area contributed by atoms with Crippen LogP contribution in [0.4, 0.5) is 4.39 Å². The van der Waals surface area contributed by atoms with Crippen LogP contribution in [0.2, 0.25) is 0 Å². The van der Waals surface area contributed by atoms with Gasteiger partial charge in [-0.25, -0.2) is 4.39 Å². The molecule has 0 aliphatic heterocycles. The molecule has 1 amide bonds. The number of carbonyl (C=O) groups is 2. The zero-order valence-corrected chi connectivity index (χ0v) is 15.6. The predicted octanol–water partition coefficient (Wildman–Crippen LogP) is 3.43. The lowest BCUT2D eigenvalue weighted by molar-refractivity contribution is -0.152. The van der Waals surface area contributed by atoms with Crippen molar-refractivity contribution in [1.82, 2.24) is 5.32 Å². The number of hydrogen-bond acceptors (Lipinski definition) is 3. The van der Waals surface area contributed by atoms with Gasteiger partial charge < -0.3 is 10.1 Å². The Labute approximate surface area is 154 Å². The average Bonchev–Trinajstić information content (AvgIpc) is 3.26. The number of esters is 1. The minimum Gasteiger partial charge on any atom is -0.469 e. The van der Waals surface area contributed by atoms with Gasteiger partial charge in [0.05, 0.1) is 18.9 Å². The number of rotatable bonds is 4. The number of nitrogens with one attached hydrogen (secondary N) is 1. The van der Waals surface area contributed by atoms with Gasteiger partial charge in [-0.3, -0.25) is 9.59 Å². The molecule has 0 saturated heterocycles. The maximum absolute atomic E-state index is 14.0. The third-order valence-corrected chi connectivity index (χ3v) is 7.08. The molecule has 3 fully saturated rings. The molecule has 0 unspecified atom stereocenters. The third-order valence-electron chi connectivity index (χ3n) is 6.59. The summed E-state index contributed by atoms with van der Waals surface area (Å²) in [5, 5.41) is 2.86. The minimum atomic E-state index is -0.356. The van der Waals surface area contributed by atoms with Crippen LogP contribution in [0.5, 0.6) is 0 Å². The van der Waals surface area contributed by atoms with E-state index in [-0.39, 0.29) is 53.3 Å². The molecule has 4 atom stereocenters. The molecule has 6 heteroatoms. The fraction of sp³-hybridized carbons (Fsp3) is 0.579. The van der Waals surface area contributed by atoms with E-state index in [0.717, 1.165) is 25.7 Å². The van der Waals surface area contributed by atoms with Crippen LogP contribution >= 0.6 is 15.9 Å². The van der Waals surface area contributed by atoms with Crippen LogP contribution < -0.4 is 5.32 Å². The summed E-state index contributed by atoms with van der Waals surface area (Å²) in [4.78, 5) is 25.2. The molecule has 0 aromatic heterocycles. The van der Waals surface area contributed by atoms with Crippen LogP contribution in [0.15, 0.2) is 22.7 Å². The maximum atomic E-state index is 14.0. The van der Waals surface area contributed by atoms with Crippen molar-refractivity contribution in [3.05, 3.63) is 34.1 Å². The standard InChI is InChI=1S/C19H21BrFNO3/c1-25-18(24)16-13-5-4-12(19(13)6-7-19)15(16)17(23)22-9-10-2-3-11(20)8-14(10)21/h2-3,8,12-13,15-16H,4-7,9H2,1H3,(H,22,23)/t12-,13+,15+,16+/m0/s1. The molecule has 1 aromatic carbocycles. The van der Waals surface area contributed by atoms with E-state index < -0.39 is 0 Å². The molecule has 2 bridgehead atoms. The highest BCUT2D eigenvalue weighted by Crippen LogP contribution is 2.74. The lowest BCUT2D eigenvalue weighted by Gasteiger charge is -2.28. The van der Waals surface area contributed by atoms with Gasteiger partial charge in [-0.05, 0) is 55.1 Å². The normalized spacial score (nSPS) is 31.2. The van der Waals surface area contributed by atoms with E-state index in [9.17, 15) is 14.0 Å². The summed E-state index contributed by atoms with van der Waals surface area (Å²) in [5.41, 5.74) is 0.624. The molecular formula is C19H21BrFNO3. The van der Waals surface area contributed by atoms with Crippen molar-refractivity contribution >= 4 is 27.8 Å². The molecule has 25 heavy (non-hydrogen) atoms. The maximum Gasteiger partial charge on any atom is 0.309 e. The predicted molar refractivity (Wildman–Crippen MR) is 92.8 cm³/mol. The van der Waals surface area contributed by atoms with Gasteiger partial charge in [0.2, 0.25) is 5.91 Å². The van der Waals surface area contributed by atoms with Gasteiger partial charge in [-0.2, -0.15) is 0 Å². The second-order valence-corrected chi connectivity index (χ2v) is 8.47. The zero-order chi connectivity index (χ0) is 17.8. The number of ether oxygens (including phenoxy) is 1. The highest BCUT2D eigenvalue weighted by atomic mass is 79.9. The number of halogens is 2. The van der Waals surface area contributed by atoms with E-state index in [0.29, 0.717) is 10.0 Å². The fourth-order valence-electron chi connectivity index (χ4n) is 5.43.